The molecule has 12 heavy (non-hydrogen) atoms. The molecule has 0 aliphatic heterocycles. The molecule has 0 radical (unpaired) electrons. The highest BCUT2D eigenvalue weighted by Gasteiger charge is 2.12. The maximum atomic E-state index is 10.7. The summed E-state index contributed by atoms with van der Waals surface area (Å²) < 4.78 is 0. The Hall–Kier alpha value is -0.610. The average molecular weight is 174 g/mol. The third-order valence-corrected chi connectivity index (χ3v) is 1.79. The Balaban J connectivity index is 3.31. The van der Waals surface area contributed by atoms with Crippen molar-refractivity contribution in [3.05, 3.63) is 0 Å². The summed E-state index contributed by atoms with van der Waals surface area (Å²) in [5.74, 6) is 4.15. The quantitative estimate of drug-likeness (QED) is 0.459. The van der Waals surface area contributed by atoms with Gasteiger partial charge in [0.2, 0.25) is 0 Å². The Morgan fingerprint density at radius 2 is 2.08 bits per heavy atom. The summed E-state index contributed by atoms with van der Waals surface area (Å²) in [5.41, 5.74) is 5.46. The summed E-state index contributed by atoms with van der Waals surface area (Å²) in [5, 5.41) is 0. The van der Waals surface area contributed by atoms with Gasteiger partial charge in [-0.05, 0) is 6.42 Å². The van der Waals surface area contributed by atoms with Gasteiger partial charge in [-0.25, -0.2) is 4.79 Å². The second-order valence-corrected chi connectivity index (χ2v) is 2.89. The first-order valence-corrected chi connectivity index (χ1v) is 4.38. The van der Waals surface area contributed by atoms with Crippen LogP contribution in [-0.4, -0.2) is 12.0 Å². The maximum absolute atomic E-state index is 10.7. The zero-order chi connectivity index (χ0) is 9.40. The lowest BCUT2D eigenvalue weighted by Crippen LogP contribution is -2.33. The van der Waals surface area contributed by atoms with Gasteiger partial charge in [-0.15, -0.1) is 0 Å². The molecule has 0 aliphatic rings. The van der Waals surface area contributed by atoms with Crippen LogP contribution in [0.15, 0.2) is 0 Å². The van der Waals surface area contributed by atoms with E-state index in [0.717, 1.165) is 12.8 Å². The Kier molecular flexibility index (Phi) is 6.70. The Morgan fingerprint density at radius 1 is 1.42 bits per heavy atom. The molecule has 0 aromatic heterocycles. The van der Waals surface area contributed by atoms with Gasteiger partial charge in [-0.3, -0.25) is 0 Å². The zero-order valence-electron chi connectivity index (χ0n) is 7.58. The largest absolute Gasteiger partial charge is 0.372 e. The monoisotopic (exact) mass is 174 g/mol. The molecule has 0 aliphatic carbocycles. The van der Waals surface area contributed by atoms with Gasteiger partial charge in [0, 0.05) is 0 Å². The van der Waals surface area contributed by atoms with Gasteiger partial charge < -0.3 is 10.6 Å². The van der Waals surface area contributed by atoms with E-state index in [2.05, 4.69) is 17.7 Å². The smallest absolute Gasteiger partial charge is 0.341 e. The summed E-state index contributed by atoms with van der Waals surface area (Å²) in [6, 6.07) is -0.549. The summed E-state index contributed by atoms with van der Waals surface area (Å²) in [6.45, 7) is 2.13. The van der Waals surface area contributed by atoms with E-state index in [1.54, 1.807) is 0 Å². The third-order valence-electron chi connectivity index (χ3n) is 1.79. The van der Waals surface area contributed by atoms with Crippen molar-refractivity contribution in [2.24, 2.45) is 11.6 Å². The lowest BCUT2D eigenvalue weighted by Gasteiger charge is -2.07. The molecule has 4 heteroatoms. The minimum atomic E-state index is -0.549. The van der Waals surface area contributed by atoms with Crippen LogP contribution in [0.1, 0.15) is 39.0 Å². The number of carbonyl (C=O) groups is 1. The lowest BCUT2D eigenvalue weighted by molar-refractivity contribution is -0.145. The summed E-state index contributed by atoms with van der Waals surface area (Å²) >= 11 is 0. The molecular weight excluding hydrogens is 156 g/mol. The van der Waals surface area contributed by atoms with Crippen molar-refractivity contribution >= 4 is 5.97 Å². The number of nitrogens with two attached hydrogens (primary N) is 2. The second kappa shape index (κ2) is 7.06. The van der Waals surface area contributed by atoms with Crippen molar-refractivity contribution in [2.75, 3.05) is 0 Å². The zero-order valence-corrected chi connectivity index (χ0v) is 7.58. The van der Waals surface area contributed by atoms with Gasteiger partial charge in [-0.1, -0.05) is 32.6 Å². The highest BCUT2D eigenvalue weighted by molar-refractivity contribution is 5.74. The van der Waals surface area contributed by atoms with Crippen molar-refractivity contribution in [1.29, 1.82) is 0 Å². The molecule has 0 unspecified atom stereocenters. The van der Waals surface area contributed by atoms with Gasteiger partial charge in [0.15, 0.2) is 0 Å². The number of rotatable bonds is 6. The third kappa shape index (κ3) is 5.09. The number of unbranched alkanes of at least 4 members (excludes halogenated alkanes) is 3. The summed E-state index contributed by atoms with van der Waals surface area (Å²) in [7, 11) is 0. The van der Waals surface area contributed by atoms with Gasteiger partial charge in [-0.2, -0.15) is 5.90 Å². The highest BCUT2D eigenvalue weighted by Crippen LogP contribution is 2.04. The van der Waals surface area contributed by atoms with Crippen LogP contribution >= 0.6 is 0 Å². The second-order valence-electron chi connectivity index (χ2n) is 2.89. The van der Waals surface area contributed by atoms with Crippen LogP contribution < -0.4 is 11.6 Å². The molecule has 1 atom stereocenters. The maximum Gasteiger partial charge on any atom is 0.341 e. The van der Waals surface area contributed by atoms with Crippen molar-refractivity contribution in [1.82, 2.24) is 0 Å². The van der Waals surface area contributed by atoms with Crippen LogP contribution in [0.25, 0.3) is 0 Å². The van der Waals surface area contributed by atoms with E-state index in [9.17, 15) is 4.79 Å². The van der Waals surface area contributed by atoms with Crippen molar-refractivity contribution in [2.45, 2.75) is 45.1 Å². The molecule has 0 saturated heterocycles. The van der Waals surface area contributed by atoms with Crippen molar-refractivity contribution < 1.29 is 9.63 Å². The van der Waals surface area contributed by atoms with Crippen LogP contribution in [0, 0.1) is 0 Å². The Bertz CT molecular complexity index is 128. The van der Waals surface area contributed by atoms with Crippen LogP contribution in [-0.2, 0) is 9.63 Å². The summed E-state index contributed by atoms with van der Waals surface area (Å²) in [6.07, 6.45) is 5.10. The van der Waals surface area contributed by atoms with E-state index in [-0.39, 0.29) is 0 Å². The van der Waals surface area contributed by atoms with E-state index in [1.807, 2.05) is 0 Å². The molecule has 4 N–H and O–H groups in total. The predicted octanol–water partition coefficient (Wildman–Crippen LogP) is 0.701. The SMILES string of the molecule is CCCCCC[C@H](N)C(=O)ON. The average Bonchev–Trinajstić information content (AvgIpc) is 2.10. The molecule has 0 spiro atoms. The molecule has 0 bridgehead atoms. The van der Waals surface area contributed by atoms with Gasteiger partial charge in [0.05, 0.1) is 0 Å². The molecule has 0 rings (SSSR count). The van der Waals surface area contributed by atoms with Gasteiger partial charge >= 0.3 is 5.97 Å². The first-order chi connectivity index (χ1) is 5.72. The standard InChI is InChI=1S/C8H18N2O2/c1-2-3-4-5-6-7(9)8(11)12-10/h7H,2-6,9-10H2,1H3/t7-/m0/s1. The van der Waals surface area contributed by atoms with Crippen LogP contribution in [0.4, 0.5) is 0 Å². The van der Waals surface area contributed by atoms with E-state index in [0.29, 0.717) is 6.42 Å². The normalized spacial score (nSPS) is 12.6. The molecule has 0 fully saturated rings. The van der Waals surface area contributed by atoms with E-state index in [4.69, 9.17) is 5.73 Å². The molecule has 0 amide bonds. The van der Waals surface area contributed by atoms with Gasteiger partial charge in [0.1, 0.15) is 6.04 Å². The molecule has 4 nitrogen and oxygen atoms in total. The van der Waals surface area contributed by atoms with E-state index in [1.165, 1.54) is 12.8 Å². The minimum absolute atomic E-state index is 0.522. The van der Waals surface area contributed by atoms with Crippen molar-refractivity contribution in [3.63, 3.8) is 0 Å². The summed E-state index contributed by atoms with van der Waals surface area (Å²) in [4.78, 5) is 14.7. The van der Waals surface area contributed by atoms with E-state index < -0.39 is 12.0 Å². The van der Waals surface area contributed by atoms with E-state index >= 15 is 0 Å². The molecule has 0 aromatic rings. The molecular formula is C8H18N2O2. The molecule has 72 valence electrons. The molecule has 0 saturated carbocycles. The van der Waals surface area contributed by atoms with Crippen molar-refractivity contribution in [3.8, 4) is 0 Å². The Morgan fingerprint density at radius 3 is 2.58 bits per heavy atom. The first-order valence-electron chi connectivity index (χ1n) is 4.38. The minimum Gasteiger partial charge on any atom is -0.372 e. The topological polar surface area (TPSA) is 78.3 Å². The molecule has 0 aromatic carbocycles. The lowest BCUT2D eigenvalue weighted by atomic mass is 10.1. The number of carbonyl (C=O) groups excluding carboxylic acids is 1. The van der Waals surface area contributed by atoms with Crippen LogP contribution in [0.3, 0.4) is 0 Å². The van der Waals surface area contributed by atoms with Gasteiger partial charge in [0.25, 0.3) is 0 Å². The fourth-order valence-electron chi connectivity index (χ4n) is 0.996. The highest BCUT2D eigenvalue weighted by atomic mass is 16.7. The molecule has 0 heterocycles. The Labute approximate surface area is 73.2 Å². The number of hydrogen-bond acceptors (Lipinski definition) is 4. The number of hydrogen-bond donors (Lipinski definition) is 2. The van der Waals surface area contributed by atoms with Crippen LogP contribution in [0.2, 0.25) is 0 Å². The predicted molar refractivity (Wildman–Crippen MR) is 47.0 cm³/mol. The fraction of sp³-hybridized carbons (Fsp3) is 0.875. The fourth-order valence-corrected chi connectivity index (χ4v) is 0.996. The first kappa shape index (κ1) is 11.4. The van der Waals surface area contributed by atoms with Crippen LogP contribution in [0.5, 0.6) is 0 Å².